The zero-order valence-electron chi connectivity index (χ0n) is 17.0. The van der Waals surface area contributed by atoms with Crippen LogP contribution in [-0.2, 0) is 13.3 Å². The molecule has 0 bridgehead atoms. The molecule has 1 N–H and O–H groups in total. The van der Waals surface area contributed by atoms with Gasteiger partial charge in [-0.2, -0.15) is 0 Å². The van der Waals surface area contributed by atoms with Gasteiger partial charge in [0.05, 0.1) is 5.19 Å². The fraction of sp³-hybridized carbons (Fsp3) is 0.714. The second-order valence-electron chi connectivity index (χ2n) is 6.74. The van der Waals surface area contributed by atoms with Gasteiger partial charge >= 0.3 is 8.80 Å². The fourth-order valence-electron chi connectivity index (χ4n) is 2.77. The summed E-state index contributed by atoms with van der Waals surface area (Å²) in [4.78, 5) is 0. The maximum atomic E-state index is 10.4. The highest BCUT2D eigenvalue weighted by Crippen LogP contribution is 2.19. The van der Waals surface area contributed by atoms with E-state index >= 15 is 0 Å². The molecule has 0 atom stereocenters. The van der Waals surface area contributed by atoms with Crippen molar-refractivity contribution in [1.29, 1.82) is 0 Å². The van der Waals surface area contributed by atoms with E-state index in [1.807, 2.05) is 18.2 Å². The molecular formula is C21H38O4Si. The Balaban J connectivity index is 2.94. The smallest absolute Gasteiger partial charge is 0.508 e. The molecule has 0 aliphatic carbocycles. The first kappa shape index (κ1) is 23.2. The molecule has 0 aliphatic rings. The first-order chi connectivity index (χ1) is 12.7. The molecule has 1 rings (SSSR count). The quantitative estimate of drug-likeness (QED) is 0.317. The Labute approximate surface area is 161 Å². The Morgan fingerprint density at radius 2 is 1.12 bits per heavy atom. The third-order valence-corrected chi connectivity index (χ3v) is 7.19. The van der Waals surface area contributed by atoms with Gasteiger partial charge in [0, 0.05) is 19.8 Å². The van der Waals surface area contributed by atoms with Crippen LogP contribution in [0.2, 0.25) is 0 Å². The number of phenolic OH excluding ortho intramolecular Hbond substituents is 1. The zero-order chi connectivity index (χ0) is 19.1. The second kappa shape index (κ2) is 14.2. The van der Waals surface area contributed by atoms with Crippen LogP contribution in [0.15, 0.2) is 24.3 Å². The molecule has 0 amide bonds. The number of unbranched alkanes of at least 4 members (excludes halogenated alkanes) is 6. The van der Waals surface area contributed by atoms with Crippen LogP contribution >= 0.6 is 0 Å². The minimum atomic E-state index is -3.12. The van der Waals surface area contributed by atoms with Crippen LogP contribution in [-0.4, -0.2) is 33.7 Å². The van der Waals surface area contributed by atoms with Crippen LogP contribution in [0.3, 0.4) is 0 Å². The minimum Gasteiger partial charge on any atom is -0.508 e. The van der Waals surface area contributed by atoms with Gasteiger partial charge in [-0.3, -0.25) is 0 Å². The molecule has 0 spiro atoms. The average Bonchev–Trinajstić information content (AvgIpc) is 2.66. The first-order valence-corrected chi connectivity index (χ1v) is 12.1. The molecule has 150 valence electrons. The van der Waals surface area contributed by atoms with Gasteiger partial charge in [0.15, 0.2) is 0 Å². The highest BCUT2D eigenvalue weighted by atomic mass is 28.4. The molecule has 0 aromatic heterocycles. The van der Waals surface area contributed by atoms with Crippen LogP contribution in [0.4, 0.5) is 0 Å². The summed E-state index contributed by atoms with van der Waals surface area (Å²) in [7, 11) is -3.12. The Kier molecular flexibility index (Phi) is 12.7. The number of aromatic hydroxyl groups is 1. The van der Waals surface area contributed by atoms with E-state index < -0.39 is 8.80 Å². The van der Waals surface area contributed by atoms with Crippen LogP contribution in [0.5, 0.6) is 5.75 Å². The monoisotopic (exact) mass is 382 g/mol. The maximum absolute atomic E-state index is 10.4. The van der Waals surface area contributed by atoms with E-state index in [0.717, 1.165) is 57.8 Å². The maximum Gasteiger partial charge on any atom is 0.541 e. The van der Waals surface area contributed by atoms with Gasteiger partial charge in [0.1, 0.15) is 5.75 Å². The van der Waals surface area contributed by atoms with E-state index in [1.165, 1.54) is 0 Å². The molecular weight excluding hydrogens is 344 g/mol. The number of rotatable bonds is 16. The normalized spacial score (nSPS) is 11.8. The molecule has 4 nitrogen and oxygen atoms in total. The van der Waals surface area contributed by atoms with Gasteiger partial charge in [-0.25, -0.2) is 0 Å². The van der Waals surface area contributed by atoms with Crippen molar-refractivity contribution in [3.8, 4) is 5.75 Å². The van der Waals surface area contributed by atoms with Crippen molar-refractivity contribution in [3.63, 3.8) is 0 Å². The van der Waals surface area contributed by atoms with Crippen molar-refractivity contribution in [2.24, 2.45) is 0 Å². The SMILES string of the molecule is CCCCCO[Si](OCCCCC)(OCCCCC)c1ccccc1O. The van der Waals surface area contributed by atoms with E-state index in [-0.39, 0.29) is 5.75 Å². The van der Waals surface area contributed by atoms with Gasteiger partial charge in [0.25, 0.3) is 0 Å². The molecule has 1 aromatic carbocycles. The summed E-state index contributed by atoms with van der Waals surface area (Å²) >= 11 is 0. The fourth-order valence-corrected chi connectivity index (χ4v) is 5.42. The molecule has 0 saturated heterocycles. The highest BCUT2D eigenvalue weighted by Gasteiger charge is 2.46. The largest absolute Gasteiger partial charge is 0.541 e. The highest BCUT2D eigenvalue weighted by molar-refractivity contribution is 6.76. The predicted octanol–water partition coefficient (Wildman–Crippen LogP) is 5.16. The average molecular weight is 383 g/mol. The van der Waals surface area contributed by atoms with Gasteiger partial charge in [-0.1, -0.05) is 77.5 Å². The van der Waals surface area contributed by atoms with Crippen molar-refractivity contribution in [1.82, 2.24) is 0 Å². The van der Waals surface area contributed by atoms with E-state index in [2.05, 4.69) is 20.8 Å². The van der Waals surface area contributed by atoms with Crippen molar-refractivity contribution in [3.05, 3.63) is 24.3 Å². The van der Waals surface area contributed by atoms with Crippen LogP contribution in [0, 0.1) is 0 Å². The lowest BCUT2D eigenvalue weighted by Crippen LogP contribution is -2.57. The Morgan fingerprint density at radius 3 is 1.50 bits per heavy atom. The molecule has 0 unspecified atom stereocenters. The molecule has 0 radical (unpaired) electrons. The van der Waals surface area contributed by atoms with Gasteiger partial charge < -0.3 is 18.4 Å². The molecule has 0 fully saturated rings. The van der Waals surface area contributed by atoms with E-state index in [1.54, 1.807) is 6.07 Å². The lowest BCUT2D eigenvalue weighted by atomic mass is 10.3. The standard InChI is InChI=1S/C21H38O4Si/c1-4-7-12-17-23-26(24-18-13-8-5-2,25-19-14-9-6-3)21-16-11-10-15-20(21)22/h10-11,15-16,22H,4-9,12-14,17-19H2,1-3H3. The van der Waals surface area contributed by atoms with E-state index in [9.17, 15) is 5.11 Å². The lowest BCUT2D eigenvalue weighted by Gasteiger charge is -2.30. The van der Waals surface area contributed by atoms with Crippen LogP contribution < -0.4 is 5.19 Å². The summed E-state index contributed by atoms with van der Waals surface area (Å²) in [5.74, 6) is 0.209. The summed E-state index contributed by atoms with van der Waals surface area (Å²) in [6.07, 6.45) is 9.74. The van der Waals surface area contributed by atoms with E-state index in [0.29, 0.717) is 25.0 Å². The summed E-state index contributed by atoms with van der Waals surface area (Å²) in [6.45, 7) is 8.35. The number of benzene rings is 1. The third-order valence-electron chi connectivity index (χ3n) is 4.35. The van der Waals surface area contributed by atoms with Gasteiger partial charge in [-0.05, 0) is 25.3 Å². The summed E-state index contributed by atoms with van der Waals surface area (Å²) in [5.41, 5.74) is 0. The Morgan fingerprint density at radius 1 is 0.692 bits per heavy atom. The number of para-hydroxylation sites is 1. The number of hydrogen-bond acceptors (Lipinski definition) is 4. The van der Waals surface area contributed by atoms with Crippen LogP contribution in [0.1, 0.15) is 78.6 Å². The summed E-state index contributed by atoms with van der Waals surface area (Å²) < 4.78 is 18.9. The van der Waals surface area contributed by atoms with Crippen LogP contribution in [0.25, 0.3) is 0 Å². The zero-order valence-corrected chi connectivity index (χ0v) is 18.0. The number of hydrogen-bond donors (Lipinski definition) is 1. The molecule has 0 saturated carbocycles. The first-order valence-electron chi connectivity index (χ1n) is 10.4. The summed E-state index contributed by atoms with van der Waals surface area (Å²) in [6, 6.07) is 7.32. The lowest BCUT2D eigenvalue weighted by molar-refractivity contribution is 0.0687. The Hall–Kier alpha value is -0.883. The predicted molar refractivity (Wildman–Crippen MR) is 110 cm³/mol. The molecule has 0 aliphatic heterocycles. The van der Waals surface area contributed by atoms with Gasteiger partial charge in [-0.15, -0.1) is 0 Å². The number of phenols is 1. The molecule has 5 heteroatoms. The third kappa shape index (κ3) is 8.21. The molecule has 26 heavy (non-hydrogen) atoms. The Bertz CT molecular complexity index is 436. The minimum absolute atomic E-state index is 0.209. The van der Waals surface area contributed by atoms with Gasteiger partial charge in [0.2, 0.25) is 0 Å². The van der Waals surface area contributed by atoms with E-state index in [4.69, 9.17) is 13.3 Å². The van der Waals surface area contributed by atoms with Crippen molar-refractivity contribution in [2.75, 3.05) is 19.8 Å². The molecule has 0 heterocycles. The topological polar surface area (TPSA) is 47.9 Å². The van der Waals surface area contributed by atoms with Crippen molar-refractivity contribution < 1.29 is 18.4 Å². The second-order valence-corrected chi connectivity index (χ2v) is 9.26. The van der Waals surface area contributed by atoms with Crippen molar-refractivity contribution in [2.45, 2.75) is 78.6 Å². The molecule has 1 aromatic rings. The summed E-state index contributed by atoms with van der Waals surface area (Å²) in [5, 5.41) is 11.1. The van der Waals surface area contributed by atoms with Crippen molar-refractivity contribution >= 4 is 14.0 Å².